The molecule has 0 aliphatic heterocycles. The second kappa shape index (κ2) is 6.90. The fourth-order valence-corrected chi connectivity index (χ4v) is 2.98. The van der Waals surface area contributed by atoms with Gasteiger partial charge in [-0.1, -0.05) is 27.7 Å². The average Bonchev–Trinajstić information content (AvgIpc) is 2.48. The largest absolute Gasteiger partial charge is 0.493 e. The van der Waals surface area contributed by atoms with E-state index in [9.17, 15) is 0 Å². The van der Waals surface area contributed by atoms with Gasteiger partial charge in [0.2, 0.25) is 5.75 Å². The van der Waals surface area contributed by atoms with Crippen LogP contribution in [0.2, 0.25) is 0 Å². The molecule has 106 valence electrons. The zero-order chi connectivity index (χ0) is 14.5. The Bertz CT molecular complexity index is 584. The minimum Gasteiger partial charge on any atom is -0.493 e. The fraction of sp³-hybridized carbons (Fsp3) is 0.200. The molecule has 0 aliphatic rings. The van der Waals surface area contributed by atoms with Crippen LogP contribution in [0.1, 0.15) is 0 Å². The van der Waals surface area contributed by atoms with E-state index in [0.717, 1.165) is 14.3 Å². The minimum atomic E-state index is 0.608. The number of ether oxygens (including phenoxy) is 3. The summed E-state index contributed by atoms with van der Waals surface area (Å²) in [5, 5.41) is 0. The van der Waals surface area contributed by atoms with Crippen molar-refractivity contribution in [2.24, 2.45) is 0 Å². The normalized spacial score (nSPS) is 10.2. The van der Waals surface area contributed by atoms with E-state index in [0.29, 0.717) is 17.2 Å². The van der Waals surface area contributed by atoms with E-state index in [1.807, 2.05) is 36.4 Å². The third-order valence-corrected chi connectivity index (χ3v) is 4.29. The summed E-state index contributed by atoms with van der Waals surface area (Å²) in [4.78, 5) is 2.10. The van der Waals surface area contributed by atoms with Crippen molar-refractivity contribution in [2.75, 3.05) is 21.3 Å². The van der Waals surface area contributed by atoms with E-state index < -0.39 is 0 Å². The average molecular weight is 355 g/mol. The molecule has 0 saturated carbocycles. The van der Waals surface area contributed by atoms with E-state index in [1.54, 1.807) is 33.1 Å². The summed E-state index contributed by atoms with van der Waals surface area (Å²) in [6, 6.07) is 12.0. The molecular formula is C15H15BrO3S. The Morgan fingerprint density at radius 3 is 2.00 bits per heavy atom. The van der Waals surface area contributed by atoms with Gasteiger partial charge in [-0.2, -0.15) is 0 Å². The lowest BCUT2D eigenvalue weighted by atomic mass is 10.3. The molecule has 0 bridgehead atoms. The Hall–Kier alpha value is -1.33. The highest BCUT2D eigenvalue weighted by Gasteiger charge is 2.16. The predicted molar refractivity (Wildman–Crippen MR) is 84.4 cm³/mol. The Morgan fingerprint density at radius 2 is 1.45 bits per heavy atom. The standard InChI is InChI=1S/C15H15BrO3S/c1-17-12-8-9-13(15(19-3)14(12)18-2)20-11-6-4-10(16)5-7-11/h4-9H,1-3H3. The van der Waals surface area contributed by atoms with Crippen LogP contribution < -0.4 is 14.2 Å². The molecule has 0 saturated heterocycles. The smallest absolute Gasteiger partial charge is 0.204 e. The maximum Gasteiger partial charge on any atom is 0.204 e. The monoisotopic (exact) mass is 354 g/mol. The molecule has 0 radical (unpaired) electrons. The first-order chi connectivity index (χ1) is 9.69. The highest BCUT2D eigenvalue weighted by Crippen LogP contribution is 2.45. The lowest BCUT2D eigenvalue weighted by Gasteiger charge is -2.15. The first-order valence-electron chi connectivity index (χ1n) is 5.92. The van der Waals surface area contributed by atoms with Gasteiger partial charge < -0.3 is 14.2 Å². The molecule has 2 rings (SSSR count). The Morgan fingerprint density at radius 1 is 0.800 bits per heavy atom. The number of methoxy groups -OCH3 is 3. The maximum atomic E-state index is 5.47. The summed E-state index contributed by atoms with van der Waals surface area (Å²) in [5.41, 5.74) is 0. The lowest BCUT2D eigenvalue weighted by Crippen LogP contribution is -1.96. The molecule has 0 aliphatic carbocycles. The second-order valence-electron chi connectivity index (χ2n) is 3.89. The maximum absolute atomic E-state index is 5.47. The molecule has 0 spiro atoms. The highest BCUT2D eigenvalue weighted by molar-refractivity contribution is 9.10. The number of halogens is 1. The van der Waals surface area contributed by atoms with Crippen LogP contribution in [0.15, 0.2) is 50.7 Å². The summed E-state index contributed by atoms with van der Waals surface area (Å²) < 4.78 is 17.2. The first kappa shape index (κ1) is 15.1. The Balaban J connectivity index is 2.38. The van der Waals surface area contributed by atoms with Crippen LogP contribution in [0, 0.1) is 0 Å². The first-order valence-corrected chi connectivity index (χ1v) is 7.53. The number of hydrogen-bond acceptors (Lipinski definition) is 4. The van der Waals surface area contributed by atoms with Crippen LogP contribution >= 0.6 is 27.7 Å². The summed E-state index contributed by atoms with van der Waals surface area (Å²) in [6.07, 6.45) is 0. The molecule has 0 aromatic heterocycles. The van der Waals surface area contributed by atoms with Crippen LogP contribution in [0.4, 0.5) is 0 Å². The third-order valence-electron chi connectivity index (χ3n) is 2.71. The lowest BCUT2D eigenvalue weighted by molar-refractivity contribution is 0.319. The second-order valence-corrected chi connectivity index (χ2v) is 5.92. The van der Waals surface area contributed by atoms with Gasteiger partial charge in [-0.05, 0) is 36.4 Å². The van der Waals surface area contributed by atoms with Crippen molar-refractivity contribution in [1.82, 2.24) is 0 Å². The molecule has 20 heavy (non-hydrogen) atoms. The molecule has 0 N–H and O–H groups in total. The van der Waals surface area contributed by atoms with E-state index in [-0.39, 0.29) is 0 Å². The van der Waals surface area contributed by atoms with Crippen molar-refractivity contribution in [3.8, 4) is 17.2 Å². The number of benzene rings is 2. The highest BCUT2D eigenvalue weighted by atomic mass is 79.9. The van der Waals surface area contributed by atoms with Gasteiger partial charge in [-0.3, -0.25) is 0 Å². The van der Waals surface area contributed by atoms with Gasteiger partial charge in [0, 0.05) is 9.37 Å². The molecule has 0 heterocycles. The zero-order valence-corrected chi connectivity index (χ0v) is 13.9. The summed E-state index contributed by atoms with van der Waals surface area (Å²) in [7, 11) is 4.84. The van der Waals surface area contributed by atoms with Gasteiger partial charge >= 0.3 is 0 Å². The van der Waals surface area contributed by atoms with Crippen LogP contribution in [0.3, 0.4) is 0 Å². The van der Waals surface area contributed by atoms with Crippen molar-refractivity contribution >= 4 is 27.7 Å². The van der Waals surface area contributed by atoms with Crippen LogP contribution in [0.25, 0.3) is 0 Å². The van der Waals surface area contributed by atoms with Gasteiger partial charge in [0.25, 0.3) is 0 Å². The quantitative estimate of drug-likeness (QED) is 0.782. The van der Waals surface area contributed by atoms with Crippen molar-refractivity contribution < 1.29 is 14.2 Å². The van der Waals surface area contributed by atoms with Crippen molar-refractivity contribution in [3.05, 3.63) is 40.9 Å². The van der Waals surface area contributed by atoms with Gasteiger partial charge in [0.1, 0.15) is 0 Å². The molecule has 0 fully saturated rings. The van der Waals surface area contributed by atoms with Gasteiger partial charge in [-0.25, -0.2) is 0 Å². The van der Waals surface area contributed by atoms with Crippen molar-refractivity contribution in [3.63, 3.8) is 0 Å². The molecular weight excluding hydrogens is 340 g/mol. The van der Waals surface area contributed by atoms with E-state index >= 15 is 0 Å². The Labute approximate surface area is 131 Å². The summed E-state index contributed by atoms with van der Waals surface area (Å²) >= 11 is 5.05. The third kappa shape index (κ3) is 3.22. The molecule has 5 heteroatoms. The van der Waals surface area contributed by atoms with Crippen LogP contribution in [0.5, 0.6) is 17.2 Å². The number of hydrogen-bond donors (Lipinski definition) is 0. The Kier molecular flexibility index (Phi) is 5.20. The van der Waals surface area contributed by atoms with E-state index in [1.165, 1.54) is 0 Å². The van der Waals surface area contributed by atoms with Gasteiger partial charge in [0.15, 0.2) is 11.5 Å². The topological polar surface area (TPSA) is 27.7 Å². The summed E-state index contributed by atoms with van der Waals surface area (Å²) in [5.74, 6) is 1.95. The fourth-order valence-electron chi connectivity index (χ4n) is 1.78. The van der Waals surface area contributed by atoms with Crippen LogP contribution in [-0.4, -0.2) is 21.3 Å². The minimum absolute atomic E-state index is 0.608. The molecule has 0 unspecified atom stereocenters. The number of rotatable bonds is 5. The predicted octanol–water partition coefficient (Wildman–Crippen LogP) is 4.63. The molecule has 2 aromatic carbocycles. The van der Waals surface area contributed by atoms with Gasteiger partial charge in [-0.15, -0.1) is 0 Å². The molecule has 0 atom stereocenters. The summed E-state index contributed by atoms with van der Waals surface area (Å²) in [6.45, 7) is 0. The van der Waals surface area contributed by atoms with Crippen molar-refractivity contribution in [1.29, 1.82) is 0 Å². The SMILES string of the molecule is COc1ccc(Sc2ccc(Br)cc2)c(OC)c1OC. The van der Waals surface area contributed by atoms with Gasteiger partial charge in [0.05, 0.1) is 26.2 Å². The molecule has 2 aromatic rings. The molecule has 0 amide bonds. The van der Waals surface area contributed by atoms with E-state index in [4.69, 9.17) is 14.2 Å². The van der Waals surface area contributed by atoms with E-state index in [2.05, 4.69) is 15.9 Å². The molecule has 3 nitrogen and oxygen atoms in total. The van der Waals surface area contributed by atoms with Crippen LogP contribution in [-0.2, 0) is 0 Å². The van der Waals surface area contributed by atoms with Crippen molar-refractivity contribution in [2.45, 2.75) is 9.79 Å². The zero-order valence-electron chi connectivity index (χ0n) is 11.5.